The summed E-state index contributed by atoms with van der Waals surface area (Å²) in [5.41, 5.74) is 1.02. The Hall–Kier alpha value is -3.13. The minimum atomic E-state index is -0.199. The SMILES string of the molecule is CCN(C(=O)c1cc(OC)ccc1-n1nccn1)C(C)COc1ccc(Cl)cn1. The van der Waals surface area contributed by atoms with E-state index in [2.05, 4.69) is 15.2 Å². The van der Waals surface area contributed by atoms with Crippen LogP contribution >= 0.6 is 11.6 Å². The molecule has 2 heterocycles. The van der Waals surface area contributed by atoms with Crippen molar-refractivity contribution in [3.05, 3.63) is 59.5 Å². The number of halogens is 1. The number of amides is 1. The summed E-state index contributed by atoms with van der Waals surface area (Å²) in [6.07, 6.45) is 4.64. The molecule has 1 atom stereocenters. The zero-order valence-corrected chi connectivity index (χ0v) is 17.2. The molecule has 1 unspecified atom stereocenters. The van der Waals surface area contributed by atoms with E-state index >= 15 is 0 Å². The van der Waals surface area contributed by atoms with E-state index in [0.717, 1.165) is 0 Å². The molecule has 0 N–H and O–H groups in total. The monoisotopic (exact) mass is 415 g/mol. The maximum Gasteiger partial charge on any atom is 0.256 e. The quantitative estimate of drug-likeness (QED) is 0.561. The average molecular weight is 416 g/mol. The first-order valence-corrected chi connectivity index (χ1v) is 9.51. The molecule has 0 spiro atoms. The molecule has 1 aromatic carbocycles. The number of benzene rings is 1. The van der Waals surface area contributed by atoms with Gasteiger partial charge in [0.05, 0.1) is 41.8 Å². The molecule has 152 valence electrons. The number of methoxy groups -OCH3 is 1. The van der Waals surface area contributed by atoms with E-state index in [0.29, 0.717) is 34.4 Å². The van der Waals surface area contributed by atoms with Crippen LogP contribution in [0.15, 0.2) is 48.9 Å². The van der Waals surface area contributed by atoms with Crippen LogP contribution in [-0.2, 0) is 0 Å². The Morgan fingerprint density at radius 2 is 2.00 bits per heavy atom. The van der Waals surface area contributed by atoms with Gasteiger partial charge in [-0.25, -0.2) is 4.98 Å². The molecule has 0 aliphatic heterocycles. The highest BCUT2D eigenvalue weighted by atomic mass is 35.5. The molecule has 9 heteroatoms. The molecule has 29 heavy (non-hydrogen) atoms. The lowest BCUT2D eigenvalue weighted by Crippen LogP contribution is -2.42. The van der Waals surface area contributed by atoms with Crippen molar-refractivity contribution < 1.29 is 14.3 Å². The van der Waals surface area contributed by atoms with Crippen LogP contribution in [0.5, 0.6) is 11.6 Å². The van der Waals surface area contributed by atoms with Gasteiger partial charge in [0.1, 0.15) is 12.4 Å². The van der Waals surface area contributed by atoms with Crippen LogP contribution in [0.4, 0.5) is 0 Å². The largest absolute Gasteiger partial charge is 0.497 e. The standard InChI is InChI=1S/C20H22ClN5O3/c1-4-25(14(2)13-29-19-8-5-15(21)12-22-19)20(27)17-11-16(28-3)6-7-18(17)26-23-9-10-24-26/h5-12,14H,4,13H2,1-3H3. The third kappa shape index (κ3) is 4.83. The Balaban J connectivity index is 1.82. The zero-order valence-electron chi connectivity index (χ0n) is 16.4. The predicted molar refractivity (Wildman–Crippen MR) is 109 cm³/mol. The Bertz CT molecular complexity index is 947. The van der Waals surface area contributed by atoms with Gasteiger partial charge < -0.3 is 14.4 Å². The van der Waals surface area contributed by atoms with Crippen molar-refractivity contribution in [1.82, 2.24) is 24.9 Å². The van der Waals surface area contributed by atoms with E-state index in [9.17, 15) is 4.79 Å². The Morgan fingerprint density at radius 1 is 1.24 bits per heavy atom. The van der Waals surface area contributed by atoms with Crippen LogP contribution in [0.2, 0.25) is 5.02 Å². The van der Waals surface area contributed by atoms with Crippen molar-refractivity contribution in [2.24, 2.45) is 0 Å². The van der Waals surface area contributed by atoms with Crippen LogP contribution in [0.1, 0.15) is 24.2 Å². The van der Waals surface area contributed by atoms with Crippen LogP contribution in [0, 0.1) is 0 Å². The molecule has 0 aliphatic carbocycles. The maximum absolute atomic E-state index is 13.4. The molecule has 0 fully saturated rings. The average Bonchev–Trinajstić information content (AvgIpc) is 3.28. The van der Waals surface area contributed by atoms with Gasteiger partial charge in [0.15, 0.2) is 0 Å². The first-order valence-electron chi connectivity index (χ1n) is 9.13. The van der Waals surface area contributed by atoms with E-state index in [1.54, 1.807) is 54.7 Å². The van der Waals surface area contributed by atoms with Crippen LogP contribution in [0.3, 0.4) is 0 Å². The van der Waals surface area contributed by atoms with Crippen LogP contribution in [-0.4, -0.2) is 57.1 Å². The first kappa shape index (κ1) is 20.6. The highest BCUT2D eigenvalue weighted by molar-refractivity contribution is 6.30. The fourth-order valence-corrected chi connectivity index (χ4v) is 2.99. The van der Waals surface area contributed by atoms with Crippen molar-refractivity contribution in [3.8, 4) is 17.3 Å². The third-order valence-corrected chi connectivity index (χ3v) is 4.60. The molecule has 3 aromatic rings. The number of ether oxygens (including phenoxy) is 2. The minimum Gasteiger partial charge on any atom is -0.497 e. The van der Waals surface area contributed by atoms with Crippen LogP contribution < -0.4 is 9.47 Å². The molecule has 0 radical (unpaired) electrons. The third-order valence-electron chi connectivity index (χ3n) is 4.37. The molecule has 0 saturated heterocycles. The minimum absolute atomic E-state index is 0.168. The second kappa shape index (κ2) is 9.38. The number of hydrogen-bond donors (Lipinski definition) is 0. The number of carbonyl (C=O) groups excluding carboxylic acids is 1. The molecule has 0 saturated carbocycles. The van der Waals surface area contributed by atoms with Crippen LogP contribution in [0.25, 0.3) is 5.69 Å². The number of carbonyl (C=O) groups is 1. The Labute approximate surface area is 174 Å². The number of pyridine rings is 1. The Kier molecular flexibility index (Phi) is 6.66. The van der Waals surface area contributed by atoms with Gasteiger partial charge in [0.2, 0.25) is 5.88 Å². The normalized spacial score (nSPS) is 11.7. The molecule has 3 rings (SSSR count). The summed E-state index contributed by atoms with van der Waals surface area (Å²) in [4.78, 5) is 20.6. The van der Waals surface area contributed by atoms with E-state index in [1.807, 2.05) is 13.8 Å². The van der Waals surface area contributed by atoms with Crippen molar-refractivity contribution in [1.29, 1.82) is 0 Å². The summed E-state index contributed by atoms with van der Waals surface area (Å²) in [7, 11) is 1.56. The lowest BCUT2D eigenvalue weighted by Gasteiger charge is -2.28. The summed E-state index contributed by atoms with van der Waals surface area (Å²) in [5.74, 6) is 0.862. The summed E-state index contributed by atoms with van der Waals surface area (Å²) in [5, 5.41) is 8.83. The summed E-state index contributed by atoms with van der Waals surface area (Å²) >= 11 is 5.85. The maximum atomic E-state index is 13.4. The number of likely N-dealkylation sites (N-methyl/N-ethyl adjacent to an activating group) is 1. The number of nitrogens with zero attached hydrogens (tertiary/aromatic N) is 5. The van der Waals surface area contributed by atoms with Crippen molar-refractivity contribution in [2.75, 3.05) is 20.3 Å². The van der Waals surface area contributed by atoms with Gasteiger partial charge in [0.25, 0.3) is 5.91 Å². The summed E-state index contributed by atoms with van der Waals surface area (Å²) < 4.78 is 11.0. The van der Waals surface area contributed by atoms with E-state index in [4.69, 9.17) is 21.1 Å². The van der Waals surface area contributed by atoms with Gasteiger partial charge in [0, 0.05) is 18.8 Å². The molecule has 0 bridgehead atoms. The highest BCUT2D eigenvalue weighted by Gasteiger charge is 2.24. The van der Waals surface area contributed by atoms with Crippen molar-refractivity contribution in [3.63, 3.8) is 0 Å². The van der Waals surface area contributed by atoms with Crippen molar-refractivity contribution >= 4 is 17.5 Å². The summed E-state index contributed by atoms with van der Waals surface area (Å²) in [6, 6.07) is 8.42. The first-order chi connectivity index (χ1) is 14.0. The summed E-state index contributed by atoms with van der Waals surface area (Å²) in [6.45, 7) is 4.62. The molecular weight excluding hydrogens is 394 g/mol. The van der Waals surface area contributed by atoms with Gasteiger partial charge in [-0.2, -0.15) is 15.0 Å². The molecule has 1 amide bonds. The number of hydrogen-bond acceptors (Lipinski definition) is 6. The fourth-order valence-electron chi connectivity index (χ4n) is 2.88. The molecule has 0 aliphatic rings. The van der Waals surface area contributed by atoms with Gasteiger partial charge in [-0.1, -0.05) is 11.6 Å². The zero-order chi connectivity index (χ0) is 20.8. The number of rotatable bonds is 8. The topological polar surface area (TPSA) is 82.4 Å². The molecular formula is C20H22ClN5O3. The molecule has 8 nitrogen and oxygen atoms in total. The highest BCUT2D eigenvalue weighted by Crippen LogP contribution is 2.23. The van der Waals surface area contributed by atoms with E-state index in [-0.39, 0.29) is 18.6 Å². The van der Waals surface area contributed by atoms with E-state index in [1.165, 1.54) is 11.0 Å². The fraction of sp³-hybridized carbons (Fsp3) is 0.300. The smallest absolute Gasteiger partial charge is 0.256 e. The Morgan fingerprint density at radius 3 is 2.62 bits per heavy atom. The van der Waals surface area contributed by atoms with Gasteiger partial charge >= 0.3 is 0 Å². The lowest BCUT2D eigenvalue weighted by molar-refractivity contribution is 0.0645. The lowest BCUT2D eigenvalue weighted by atomic mass is 10.1. The van der Waals surface area contributed by atoms with E-state index < -0.39 is 0 Å². The second-order valence-electron chi connectivity index (χ2n) is 6.27. The number of aromatic nitrogens is 4. The van der Waals surface area contributed by atoms with Gasteiger partial charge in [-0.05, 0) is 38.1 Å². The van der Waals surface area contributed by atoms with Gasteiger partial charge in [-0.3, -0.25) is 4.79 Å². The van der Waals surface area contributed by atoms with Gasteiger partial charge in [-0.15, -0.1) is 0 Å². The molecule has 2 aromatic heterocycles. The predicted octanol–water partition coefficient (Wildman–Crippen LogP) is 3.25. The van der Waals surface area contributed by atoms with Crippen molar-refractivity contribution in [2.45, 2.75) is 19.9 Å². The second-order valence-corrected chi connectivity index (χ2v) is 6.70.